The molecular weight excluding hydrogens is 520 g/mol. The summed E-state index contributed by atoms with van der Waals surface area (Å²) in [5.41, 5.74) is 3.59. The molecule has 0 spiro atoms. The van der Waals surface area contributed by atoms with E-state index < -0.39 is 0 Å². The average molecular weight is 555 g/mol. The highest BCUT2D eigenvalue weighted by Gasteiger charge is 2.23. The van der Waals surface area contributed by atoms with Gasteiger partial charge in [0.05, 0.1) is 19.3 Å². The topological polar surface area (TPSA) is 52.1 Å². The van der Waals surface area contributed by atoms with Crippen LogP contribution in [0.4, 0.5) is 4.39 Å². The smallest absolute Gasteiger partial charge is 0.191 e. The minimum atomic E-state index is -0.216. The third-order valence-electron chi connectivity index (χ3n) is 5.38. The molecule has 2 aromatic carbocycles. The van der Waals surface area contributed by atoms with Crippen LogP contribution in [0.5, 0.6) is 0 Å². The largest absolute Gasteiger partial charge is 0.379 e. The Bertz CT molecular complexity index is 841. The number of rotatable bonds is 8. The molecule has 1 aliphatic heterocycles. The van der Waals surface area contributed by atoms with Crippen molar-refractivity contribution in [1.82, 2.24) is 20.4 Å². The third kappa shape index (κ3) is 8.31. The number of halogens is 2. The van der Waals surface area contributed by atoms with Crippen LogP contribution < -0.4 is 10.6 Å². The fourth-order valence-electron chi connectivity index (χ4n) is 3.83. The van der Waals surface area contributed by atoms with E-state index in [1.54, 1.807) is 7.05 Å². The predicted molar refractivity (Wildman–Crippen MR) is 139 cm³/mol. The summed E-state index contributed by atoms with van der Waals surface area (Å²) in [4.78, 5) is 8.92. The van der Waals surface area contributed by atoms with E-state index in [9.17, 15) is 4.39 Å². The zero-order valence-electron chi connectivity index (χ0n) is 19.2. The summed E-state index contributed by atoms with van der Waals surface area (Å²) in [6.07, 6.45) is 0. The minimum Gasteiger partial charge on any atom is -0.379 e. The van der Waals surface area contributed by atoms with Gasteiger partial charge in [-0.25, -0.2) is 4.39 Å². The Morgan fingerprint density at radius 1 is 1.09 bits per heavy atom. The number of aliphatic imine (C=N–C) groups is 1. The van der Waals surface area contributed by atoms with Gasteiger partial charge in [0.25, 0.3) is 0 Å². The first-order valence-corrected chi connectivity index (χ1v) is 10.8. The van der Waals surface area contributed by atoms with Crippen LogP contribution in [-0.4, -0.2) is 69.8 Å². The normalized spacial score (nSPS) is 15.8. The van der Waals surface area contributed by atoms with E-state index in [4.69, 9.17) is 4.74 Å². The van der Waals surface area contributed by atoms with E-state index in [-0.39, 0.29) is 35.8 Å². The van der Waals surface area contributed by atoms with E-state index in [0.717, 1.165) is 31.2 Å². The highest BCUT2D eigenvalue weighted by Crippen LogP contribution is 2.21. The average Bonchev–Trinajstić information content (AvgIpc) is 2.77. The Morgan fingerprint density at radius 2 is 1.78 bits per heavy atom. The van der Waals surface area contributed by atoms with E-state index >= 15 is 0 Å². The molecule has 1 unspecified atom stereocenters. The molecule has 0 amide bonds. The van der Waals surface area contributed by atoms with Crippen molar-refractivity contribution in [3.05, 3.63) is 71.0 Å². The summed E-state index contributed by atoms with van der Waals surface area (Å²) in [6, 6.07) is 15.5. The highest BCUT2D eigenvalue weighted by atomic mass is 127. The maximum Gasteiger partial charge on any atom is 0.191 e. The lowest BCUT2D eigenvalue weighted by molar-refractivity contribution is 0.0170. The van der Waals surface area contributed by atoms with Crippen LogP contribution in [0.25, 0.3) is 0 Å². The molecule has 0 saturated carbocycles. The van der Waals surface area contributed by atoms with Crippen molar-refractivity contribution in [3.8, 4) is 0 Å². The fourth-order valence-corrected chi connectivity index (χ4v) is 3.83. The molecule has 176 valence electrons. The first-order valence-electron chi connectivity index (χ1n) is 10.8. The lowest BCUT2D eigenvalue weighted by Gasteiger charge is -2.35. The molecule has 0 radical (unpaired) electrons. The minimum absolute atomic E-state index is 0. The summed E-state index contributed by atoms with van der Waals surface area (Å²) in [6.45, 7) is 5.43. The third-order valence-corrected chi connectivity index (χ3v) is 5.38. The van der Waals surface area contributed by atoms with Gasteiger partial charge in [-0.3, -0.25) is 9.89 Å². The van der Waals surface area contributed by atoms with Gasteiger partial charge in [0, 0.05) is 39.8 Å². The number of hydrogen-bond donors (Lipinski definition) is 2. The summed E-state index contributed by atoms with van der Waals surface area (Å²) in [7, 11) is 5.92. The number of nitrogens with one attached hydrogen (secondary N) is 2. The second kappa shape index (κ2) is 13.7. The quantitative estimate of drug-likeness (QED) is 0.298. The van der Waals surface area contributed by atoms with Crippen molar-refractivity contribution < 1.29 is 9.13 Å². The summed E-state index contributed by atoms with van der Waals surface area (Å²) < 4.78 is 19.0. The molecule has 6 nitrogen and oxygen atoms in total. The van der Waals surface area contributed by atoms with Gasteiger partial charge in [-0.05, 0) is 42.9 Å². The number of morpholine rings is 1. The molecule has 3 rings (SSSR count). The Hall–Kier alpha value is -1.75. The van der Waals surface area contributed by atoms with Gasteiger partial charge in [-0.15, -0.1) is 24.0 Å². The van der Waals surface area contributed by atoms with Gasteiger partial charge < -0.3 is 20.3 Å². The SMILES string of the molecule is CN=C(NCc1cccc(CN(C)C)c1)NCC(c1ccc(F)cc1)N1CCOCC1.I. The van der Waals surface area contributed by atoms with Gasteiger partial charge in [0.15, 0.2) is 5.96 Å². The molecule has 0 aliphatic carbocycles. The molecule has 0 aromatic heterocycles. The number of hydrogen-bond acceptors (Lipinski definition) is 4. The zero-order chi connectivity index (χ0) is 22.1. The molecule has 2 N–H and O–H groups in total. The molecule has 1 aliphatic rings. The molecule has 2 aromatic rings. The van der Waals surface area contributed by atoms with Crippen molar-refractivity contribution >= 4 is 29.9 Å². The molecule has 1 saturated heterocycles. The van der Waals surface area contributed by atoms with Crippen LogP contribution in [-0.2, 0) is 17.8 Å². The number of benzene rings is 2. The van der Waals surface area contributed by atoms with Crippen LogP contribution in [0, 0.1) is 5.82 Å². The molecule has 32 heavy (non-hydrogen) atoms. The maximum atomic E-state index is 13.4. The second-order valence-electron chi connectivity index (χ2n) is 8.08. The standard InChI is InChI=1S/C24H34FN5O.HI/c1-26-24(27-16-19-5-4-6-20(15-19)18-29(2)3)28-17-23(30-11-13-31-14-12-30)21-7-9-22(25)10-8-21;/h4-10,15,23H,11-14,16-18H2,1-3H3,(H2,26,27,28);1H. The predicted octanol–water partition coefficient (Wildman–Crippen LogP) is 3.24. The number of nitrogens with zero attached hydrogens (tertiary/aromatic N) is 3. The van der Waals surface area contributed by atoms with Crippen LogP contribution in [0.3, 0.4) is 0 Å². The summed E-state index contributed by atoms with van der Waals surface area (Å²) in [5.74, 6) is 0.532. The molecule has 1 atom stereocenters. The van der Waals surface area contributed by atoms with Gasteiger partial charge in [0.2, 0.25) is 0 Å². The van der Waals surface area contributed by atoms with Crippen LogP contribution in [0.15, 0.2) is 53.5 Å². The first-order chi connectivity index (χ1) is 15.0. The molecule has 1 heterocycles. The summed E-state index contributed by atoms with van der Waals surface area (Å²) in [5, 5.41) is 6.86. The van der Waals surface area contributed by atoms with Crippen molar-refractivity contribution in [2.24, 2.45) is 4.99 Å². The Kier molecular flexibility index (Phi) is 11.4. The lowest BCUT2D eigenvalue weighted by Crippen LogP contribution is -2.46. The Morgan fingerprint density at radius 3 is 2.44 bits per heavy atom. The van der Waals surface area contributed by atoms with Crippen LogP contribution in [0.1, 0.15) is 22.7 Å². The van der Waals surface area contributed by atoms with Gasteiger partial charge in [-0.2, -0.15) is 0 Å². The lowest BCUT2D eigenvalue weighted by atomic mass is 10.0. The van der Waals surface area contributed by atoms with Crippen LogP contribution in [0.2, 0.25) is 0 Å². The number of guanidine groups is 1. The maximum absolute atomic E-state index is 13.4. The molecule has 1 fully saturated rings. The van der Waals surface area contributed by atoms with Crippen molar-refractivity contribution in [1.29, 1.82) is 0 Å². The van der Waals surface area contributed by atoms with Crippen molar-refractivity contribution in [2.45, 2.75) is 19.1 Å². The highest BCUT2D eigenvalue weighted by molar-refractivity contribution is 14.0. The number of ether oxygens (including phenoxy) is 1. The van der Waals surface area contributed by atoms with Gasteiger partial charge in [0.1, 0.15) is 5.82 Å². The van der Waals surface area contributed by atoms with E-state index in [2.05, 4.69) is 63.8 Å². The Balaban J connectivity index is 0.00000363. The fraction of sp³-hybridized carbons (Fsp3) is 0.458. The molecule has 8 heteroatoms. The van der Waals surface area contributed by atoms with Gasteiger partial charge >= 0.3 is 0 Å². The van der Waals surface area contributed by atoms with Crippen LogP contribution >= 0.6 is 24.0 Å². The van der Waals surface area contributed by atoms with E-state index in [1.165, 1.54) is 23.3 Å². The van der Waals surface area contributed by atoms with Crippen molar-refractivity contribution in [3.63, 3.8) is 0 Å². The van der Waals surface area contributed by atoms with E-state index in [0.29, 0.717) is 26.3 Å². The van der Waals surface area contributed by atoms with Crippen molar-refractivity contribution in [2.75, 3.05) is 54.0 Å². The molecule has 0 bridgehead atoms. The monoisotopic (exact) mass is 555 g/mol. The van der Waals surface area contributed by atoms with Gasteiger partial charge in [-0.1, -0.05) is 36.4 Å². The first kappa shape index (κ1) is 26.5. The zero-order valence-corrected chi connectivity index (χ0v) is 21.5. The van der Waals surface area contributed by atoms with E-state index in [1.807, 2.05) is 12.1 Å². The second-order valence-corrected chi connectivity index (χ2v) is 8.08. The Labute approximate surface area is 208 Å². The summed E-state index contributed by atoms with van der Waals surface area (Å²) >= 11 is 0. The molecular formula is C24H35FIN5O.